The third-order valence-corrected chi connectivity index (χ3v) is 5.00. The van der Waals surface area contributed by atoms with Gasteiger partial charge < -0.3 is 37.1 Å². The van der Waals surface area contributed by atoms with Crippen molar-refractivity contribution in [1.29, 1.82) is 0 Å². The van der Waals surface area contributed by atoms with E-state index in [1.54, 1.807) is 0 Å². The molecule has 1 aromatic rings. The zero-order chi connectivity index (χ0) is 26.0. The van der Waals surface area contributed by atoms with Crippen LogP contribution >= 0.6 is 11.6 Å². The van der Waals surface area contributed by atoms with Crippen LogP contribution in [0.3, 0.4) is 0 Å². The van der Waals surface area contributed by atoms with Crippen LogP contribution in [0.2, 0.25) is 5.02 Å². The van der Waals surface area contributed by atoms with Gasteiger partial charge in [0.15, 0.2) is 6.04 Å². The summed E-state index contributed by atoms with van der Waals surface area (Å²) in [7, 11) is 0. The molecule has 0 aromatic heterocycles. The summed E-state index contributed by atoms with van der Waals surface area (Å²) >= 11 is 6.04. The molecule has 0 aliphatic carbocycles. The molecule has 34 heavy (non-hydrogen) atoms. The second-order valence-electron chi connectivity index (χ2n) is 8.44. The molecule has 0 radical (unpaired) electrons. The van der Waals surface area contributed by atoms with Crippen LogP contribution in [0.25, 0.3) is 0 Å². The van der Waals surface area contributed by atoms with E-state index in [2.05, 4.69) is 10.6 Å². The molecule has 0 bridgehead atoms. The Kier molecular flexibility index (Phi) is 11.8. The predicted octanol–water partition coefficient (Wildman–Crippen LogP) is 0.406. The number of hydrogen-bond acceptors (Lipinski definition) is 7. The van der Waals surface area contributed by atoms with E-state index in [1.807, 2.05) is 13.8 Å². The Hall–Kier alpha value is -2.89. The average molecular weight is 501 g/mol. The molecule has 0 fully saturated rings. The number of rotatable bonds is 14. The largest absolute Gasteiger partial charge is 0.491 e. The van der Waals surface area contributed by atoms with Crippen molar-refractivity contribution in [2.75, 3.05) is 6.61 Å². The molecular formula is C22H33ClN4O7. The lowest BCUT2D eigenvalue weighted by Crippen LogP contribution is -2.54. The zero-order valence-corrected chi connectivity index (χ0v) is 20.2. The summed E-state index contributed by atoms with van der Waals surface area (Å²) in [4.78, 5) is 48.2. The first-order chi connectivity index (χ1) is 15.8. The number of aliphatic hydroxyl groups excluding tert-OH is 1. The van der Waals surface area contributed by atoms with Crippen molar-refractivity contribution < 1.29 is 34.1 Å². The van der Waals surface area contributed by atoms with Crippen LogP contribution in [0.15, 0.2) is 18.2 Å². The molecule has 0 heterocycles. The van der Waals surface area contributed by atoms with E-state index in [9.17, 15) is 29.4 Å². The second kappa shape index (κ2) is 13.7. The molecule has 3 amide bonds. The Morgan fingerprint density at radius 1 is 1.15 bits per heavy atom. The third kappa shape index (κ3) is 9.94. The fourth-order valence-corrected chi connectivity index (χ4v) is 3.27. The number of nitrogens with one attached hydrogen (secondary N) is 2. The lowest BCUT2D eigenvalue weighted by Gasteiger charge is -2.23. The highest BCUT2D eigenvalue weighted by atomic mass is 35.5. The van der Waals surface area contributed by atoms with Gasteiger partial charge in [-0.05, 0) is 43.9 Å². The summed E-state index contributed by atoms with van der Waals surface area (Å²) in [6.07, 6.45) is -1.15. The molecule has 12 heteroatoms. The van der Waals surface area contributed by atoms with Crippen LogP contribution in [-0.4, -0.2) is 64.7 Å². The number of halogens is 1. The Balaban J connectivity index is 3.07. The van der Waals surface area contributed by atoms with E-state index in [4.69, 9.17) is 27.8 Å². The van der Waals surface area contributed by atoms with Gasteiger partial charge >= 0.3 is 5.97 Å². The van der Waals surface area contributed by atoms with E-state index < -0.39 is 41.9 Å². The summed E-state index contributed by atoms with van der Waals surface area (Å²) in [5, 5.41) is 23.7. The molecule has 4 atom stereocenters. The number of carbonyl (C=O) groups is 4. The Bertz CT molecular complexity index is 879. The standard InChI is InChI=1S/C22H33ClN4O7/c1-11(2)8-14(24)10-34-17-9-13(23)4-5-15(17)20(30)26-16(6-7-18(25)29)21(31)27-19(12(3)28)22(32)33/h4-5,9,11-12,14,16,19,28H,6-8,10,24H2,1-3H3,(H2,25,29)(H,26,30)(H,27,31)(H,32,33)/t12-,14-,16+,19+/m1/s1. The summed E-state index contributed by atoms with van der Waals surface area (Å²) in [6.45, 7) is 5.35. The third-order valence-electron chi connectivity index (χ3n) is 4.76. The second-order valence-corrected chi connectivity index (χ2v) is 8.87. The molecule has 0 saturated carbocycles. The molecule has 1 rings (SSSR count). The lowest BCUT2D eigenvalue weighted by atomic mass is 10.1. The van der Waals surface area contributed by atoms with Crippen molar-refractivity contribution in [1.82, 2.24) is 10.6 Å². The topological polar surface area (TPSA) is 194 Å². The van der Waals surface area contributed by atoms with Crippen LogP contribution in [0.5, 0.6) is 5.75 Å². The maximum Gasteiger partial charge on any atom is 0.328 e. The van der Waals surface area contributed by atoms with Crippen LogP contribution < -0.4 is 26.8 Å². The zero-order valence-electron chi connectivity index (χ0n) is 19.4. The molecule has 0 aliphatic rings. The number of carbonyl (C=O) groups excluding carboxylic acids is 3. The van der Waals surface area contributed by atoms with Gasteiger partial charge in [-0.3, -0.25) is 14.4 Å². The lowest BCUT2D eigenvalue weighted by molar-refractivity contribution is -0.145. The first-order valence-electron chi connectivity index (χ1n) is 10.8. The smallest absolute Gasteiger partial charge is 0.328 e. The molecule has 0 spiro atoms. The van der Waals surface area contributed by atoms with Gasteiger partial charge in [0.2, 0.25) is 11.8 Å². The highest BCUT2D eigenvalue weighted by Crippen LogP contribution is 2.24. The quantitative estimate of drug-likeness (QED) is 0.211. The van der Waals surface area contributed by atoms with Crippen molar-refractivity contribution in [3.05, 3.63) is 28.8 Å². The number of primary amides is 1. The Labute approximate surface area is 203 Å². The van der Waals surface area contributed by atoms with Crippen molar-refractivity contribution in [2.45, 2.75) is 64.3 Å². The number of carboxylic acid groups (broad SMARTS) is 1. The summed E-state index contributed by atoms with van der Waals surface area (Å²) < 4.78 is 5.71. The molecule has 8 N–H and O–H groups in total. The number of hydrogen-bond donors (Lipinski definition) is 6. The van der Waals surface area contributed by atoms with E-state index in [0.29, 0.717) is 17.4 Å². The van der Waals surface area contributed by atoms with Crippen LogP contribution in [0.1, 0.15) is 50.4 Å². The van der Waals surface area contributed by atoms with E-state index in [0.717, 1.165) is 0 Å². The van der Waals surface area contributed by atoms with Gasteiger partial charge in [0.25, 0.3) is 5.91 Å². The number of amides is 3. The van der Waals surface area contributed by atoms with Gasteiger partial charge in [0.05, 0.1) is 11.7 Å². The minimum Gasteiger partial charge on any atom is -0.491 e. The number of nitrogens with two attached hydrogens (primary N) is 2. The number of aliphatic carboxylic acids is 1. The van der Waals surface area contributed by atoms with Crippen molar-refractivity contribution in [3.63, 3.8) is 0 Å². The maximum atomic E-state index is 13.0. The van der Waals surface area contributed by atoms with Crippen LogP contribution in [0.4, 0.5) is 0 Å². The van der Waals surface area contributed by atoms with E-state index in [1.165, 1.54) is 25.1 Å². The predicted molar refractivity (Wildman–Crippen MR) is 125 cm³/mol. The number of aliphatic hydroxyl groups is 1. The van der Waals surface area contributed by atoms with Crippen molar-refractivity contribution >= 4 is 35.3 Å². The number of ether oxygens (including phenoxy) is 1. The number of benzene rings is 1. The summed E-state index contributed by atoms with van der Waals surface area (Å²) in [6, 6.07) is 1.09. The minimum atomic E-state index is -1.61. The first-order valence-corrected chi connectivity index (χ1v) is 11.2. The molecule has 1 aromatic carbocycles. The summed E-state index contributed by atoms with van der Waals surface area (Å²) in [5.74, 6) is -3.32. The van der Waals surface area contributed by atoms with Gasteiger partial charge in [0, 0.05) is 17.5 Å². The minimum absolute atomic E-state index is 0.0586. The van der Waals surface area contributed by atoms with Crippen molar-refractivity contribution in [2.24, 2.45) is 17.4 Å². The average Bonchev–Trinajstić information content (AvgIpc) is 2.72. The van der Waals surface area contributed by atoms with Crippen molar-refractivity contribution in [3.8, 4) is 5.75 Å². The van der Waals surface area contributed by atoms with E-state index >= 15 is 0 Å². The SMILES string of the molecule is CC(C)C[C@@H](N)COc1cc(Cl)ccc1C(=O)N[C@@H](CCC(N)=O)C(=O)N[C@H](C(=O)O)[C@@H](C)O. The molecular weight excluding hydrogens is 468 g/mol. The normalized spacial score (nSPS) is 14.6. The fourth-order valence-electron chi connectivity index (χ4n) is 3.11. The number of carboxylic acids is 1. The highest BCUT2D eigenvalue weighted by molar-refractivity contribution is 6.30. The molecule has 0 aliphatic heterocycles. The Morgan fingerprint density at radius 3 is 2.32 bits per heavy atom. The van der Waals surface area contributed by atoms with Gasteiger partial charge in [0.1, 0.15) is 18.4 Å². The molecule has 0 unspecified atom stereocenters. The summed E-state index contributed by atoms with van der Waals surface area (Å²) in [5.41, 5.74) is 11.3. The molecule has 11 nitrogen and oxygen atoms in total. The maximum absolute atomic E-state index is 13.0. The molecule has 0 saturated heterocycles. The monoisotopic (exact) mass is 500 g/mol. The van der Waals surface area contributed by atoms with E-state index in [-0.39, 0.29) is 36.8 Å². The molecule has 190 valence electrons. The highest BCUT2D eigenvalue weighted by Gasteiger charge is 2.30. The Morgan fingerprint density at radius 2 is 1.79 bits per heavy atom. The van der Waals surface area contributed by atoms with Gasteiger partial charge in [-0.25, -0.2) is 4.79 Å². The fraction of sp³-hybridized carbons (Fsp3) is 0.545. The van der Waals surface area contributed by atoms with Gasteiger partial charge in [-0.1, -0.05) is 25.4 Å². The van der Waals surface area contributed by atoms with Crippen LogP contribution in [-0.2, 0) is 14.4 Å². The van der Waals surface area contributed by atoms with Crippen LogP contribution in [0, 0.1) is 5.92 Å². The van der Waals surface area contributed by atoms with Gasteiger partial charge in [-0.15, -0.1) is 0 Å². The van der Waals surface area contributed by atoms with Gasteiger partial charge in [-0.2, -0.15) is 0 Å². The first kappa shape index (κ1) is 29.1.